The number of aromatic amines is 1. The molecular formula is C14H19N5O3. The second kappa shape index (κ2) is 7.41. The predicted molar refractivity (Wildman–Crippen MR) is 82.5 cm³/mol. The molecule has 1 aromatic carbocycles. The van der Waals surface area contributed by atoms with Crippen molar-refractivity contribution < 1.29 is 14.3 Å². The number of unbranched alkanes of at least 4 members (excludes halogenated alkanes) is 1. The second-order valence-corrected chi connectivity index (χ2v) is 4.64. The van der Waals surface area contributed by atoms with E-state index in [1.54, 1.807) is 18.2 Å². The number of hydrazine groups is 1. The standard InChI is InChI=1S/C14H19N5O3/c1-3-4-8-15-19-12(20)9-6-5-7-10-11(9)17-13(16-10)18-14(21)22-2/h5-7,15H,3-4,8H2,1-2H3,(H,19,20)(H2,16,17,18,21). The molecule has 0 unspecified atom stereocenters. The average Bonchev–Trinajstić information content (AvgIpc) is 2.93. The van der Waals surface area contributed by atoms with Crippen molar-refractivity contribution >= 4 is 29.0 Å². The summed E-state index contributed by atoms with van der Waals surface area (Å²) in [6, 6.07) is 5.18. The van der Waals surface area contributed by atoms with E-state index in [1.165, 1.54) is 7.11 Å². The highest BCUT2D eigenvalue weighted by atomic mass is 16.5. The van der Waals surface area contributed by atoms with Crippen LogP contribution in [0.2, 0.25) is 0 Å². The lowest BCUT2D eigenvalue weighted by Crippen LogP contribution is -2.38. The SMILES string of the molecule is CCCCNNC(=O)c1cccc2[nH]c(NC(=O)OC)nc12. The van der Waals surface area contributed by atoms with Gasteiger partial charge in [0.25, 0.3) is 5.91 Å². The summed E-state index contributed by atoms with van der Waals surface area (Å²) in [4.78, 5) is 30.5. The Labute approximate surface area is 127 Å². The zero-order valence-electron chi connectivity index (χ0n) is 12.5. The van der Waals surface area contributed by atoms with Gasteiger partial charge in [0.05, 0.1) is 18.2 Å². The molecule has 2 aromatic rings. The molecule has 8 nitrogen and oxygen atoms in total. The van der Waals surface area contributed by atoms with E-state index in [-0.39, 0.29) is 11.9 Å². The fraction of sp³-hybridized carbons (Fsp3) is 0.357. The van der Waals surface area contributed by atoms with Crippen molar-refractivity contribution in [2.45, 2.75) is 19.8 Å². The molecule has 0 saturated heterocycles. The van der Waals surface area contributed by atoms with Crippen molar-refractivity contribution in [1.29, 1.82) is 0 Å². The van der Waals surface area contributed by atoms with Crippen LogP contribution in [0.3, 0.4) is 0 Å². The molecule has 0 spiro atoms. The number of nitrogens with one attached hydrogen (secondary N) is 4. The zero-order chi connectivity index (χ0) is 15.9. The Bertz CT molecular complexity index is 668. The van der Waals surface area contributed by atoms with Crippen LogP contribution in [0.1, 0.15) is 30.1 Å². The van der Waals surface area contributed by atoms with Crippen molar-refractivity contribution in [1.82, 2.24) is 20.8 Å². The van der Waals surface area contributed by atoms with E-state index < -0.39 is 6.09 Å². The second-order valence-electron chi connectivity index (χ2n) is 4.64. The third-order valence-electron chi connectivity index (χ3n) is 3.02. The maximum Gasteiger partial charge on any atom is 0.413 e. The molecule has 4 N–H and O–H groups in total. The largest absolute Gasteiger partial charge is 0.453 e. The number of imidazole rings is 1. The lowest BCUT2D eigenvalue weighted by Gasteiger charge is -2.06. The van der Waals surface area contributed by atoms with E-state index in [4.69, 9.17) is 0 Å². The lowest BCUT2D eigenvalue weighted by atomic mass is 10.2. The Morgan fingerprint density at radius 2 is 2.18 bits per heavy atom. The number of para-hydroxylation sites is 1. The first-order chi connectivity index (χ1) is 10.7. The van der Waals surface area contributed by atoms with E-state index in [2.05, 4.69) is 37.8 Å². The lowest BCUT2D eigenvalue weighted by molar-refractivity contribution is 0.0934. The number of nitrogens with zero attached hydrogens (tertiary/aromatic N) is 1. The minimum absolute atomic E-state index is 0.223. The molecule has 2 amide bonds. The van der Waals surface area contributed by atoms with E-state index in [0.29, 0.717) is 23.1 Å². The molecule has 1 aromatic heterocycles. The summed E-state index contributed by atoms with van der Waals surface area (Å²) in [6.45, 7) is 2.78. The Morgan fingerprint density at radius 3 is 2.91 bits per heavy atom. The van der Waals surface area contributed by atoms with Crippen molar-refractivity contribution in [2.24, 2.45) is 0 Å². The number of rotatable bonds is 6. The van der Waals surface area contributed by atoms with Gasteiger partial charge in [0.2, 0.25) is 5.95 Å². The van der Waals surface area contributed by atoms with Crippen LogP contribution in [0.15, 0.2) is 18.2 Å². The molecule has 1 heterocycles. The molecule has 0 saturated carbocycles. The monoisotopic (exact) mass is 305 g/mol. The summed E-state index contributed by atoms with van der Waals surface area (Å²) in [5, 5.41) is 2.43. The molecule has 0 fully saturated rings. The van der Waals surface area contributed by atoms with Crippen LogP contribution in [0.4, 0.5) is 10.7 Å². The summed E-state index contributed by atoms with van der Waals surface area (Å²) >= 11 is 0. The number of ether oxygens (including phenoxy) is 1. The van der Waals surface area contributed by atoms with Gasteiger partial charge in [0.1, 0.15) is 5.52 Å². The highest BCUT2D eigenvalue weighted by Gasteiger charge is 2.14. The van der Waals surface area contributed by atoms with Gasteiger partial charge in [-0.3, -0.25) is 15.5 Å². The number of anilines is 1. The summed E-state index contributed by atoms with van der Waals surface area (Å²) in [5.41, 5.74) is 7.04. The Hall–Kier alpha value is -2.61. The van der Waals surface area contributed by atoms with Gasteiger partial charge in [-0.2, -0.15) is 0 Å². The Morgan fingerprint density at radius 1 is 1.36 bits per heavy atom. The molecular weight excluding hydrogens is 286 g/mol. The first-order valence-electron chi connectivity index (χ1n) is 7.02. The van der Waals surface area contributed by atoms with Gasteiger partial charge in [-0.15, -0.1) is 0 Å². The Kier molecular flexibility index (Phi) is 5.31. The van der Waals surface area contributed by atoms with Gasteiger partial charge in [-0.1, -0.05) is 19.4 Å². The minimum atomic E-state index is -0.633. The van der Waals surface area contributed by atoms with Crippen molar-refractivity contribution in [3.8, 4) is 0 Å². The maximum absolute atomic E-state index is 12.2. The van der Waals surface area contributed by atoms with E-state index in [0.717, 1.165) is 12.8 Å². The number of hydrogen-bond acceptors (Lipinski definition) is 5. The number of carbonyl (C=O) groups is 2. The average molecular weight is 305 g/mol. The molecule has 22 heavy (non-hydrogen) atoms. The number of carbonyl (C=O) groups excluding carboxylic acids is 2. The van der Waals surface area contributed by atoms with Gasteiger partial charge in [0, 0.05) is 6.54 Å². The normalized spacial score (nSPS) is 10.5. The number of methoxy groups -OCH3 is 1. The smallest absolute Gasteiger partial charge is 0.413 e. The van der Waals surface area contributed by atoms with Crippen LogP contribution < -0.4 is 16.2 Å². The van der Waals surface area contributed by atoms with Crippen molar-refractivity contribution in [2.75, 3.05) is 19.0 Å². The predicted octanol–water partition coefficient (Wildman–Crippen LogP) is 1.78. The molecule has 118 valence electrons. The van der Waals surface area contributed by atoms with Gasteiger partial charge >= 0.3 is 6.09 Å². The highest BCUT2D eigenvalue weighted by molar-refractivity contribution is 6.05. The summed E-state index contributed by atoms with van der Waals surface area (Å²) in [7, 11) is 1.26. The van der Waals surface area contributed by atoms with E-state index in [9.17, 15) is 9.59 Å². The van der Waals surface area contributed by atoms with Gasteiger partial charge in [-0.05, 0) is 18.6 Å². The number of benzene rings is 1. The van der Waals surface area contributed by atoms with Crippen LogP contribution in [0.25, 0.3) is 11.0 Å². The quantitative estimate of drug-likeness (QED) is 0.480. The number of amides is 2. The third kappa shape index (κ3) is 3.73. The Balaban J connectivity index is 2.15. The van der Waals surface area contributed by atoms with Crippen LogP contribution in [0.5, 0.6) is 0 Å². The summed E-state index contributed by atoms with van der Waals surface area (Å²) in [6.07, 6.45) is 1.38. The number of hydrogen-bond donors (Lipinski definition) is 4. The first kappa shape index (κ1) is 15.8. The van der Waals surface area contributed by atoms with Crippen molar-refractivity contribution in [3.63, 3.8) is 0 Å². The maximum atomic E-state index is 12.2. The molecule has 2 rings (SSSR count). The molecule has 0 aliphatic heterocycles. The molecule has 0 bridgehead atoms. The number of fused-ring (bicyclic) bond motifs is 1. The van der Waals surface area contributed by atoms with E-state index in [1.807, 2.05) is 0 Å². The third-order valence-corrected chi connectivity index (χ3v) is 3.02. The fourth-order valence-electron chi connectivity index (χ4n) is 1.90. The van der Waals surface area contributed by atoms with E-state index >= 15 is 0 Å². The fourth-order valence-corrected chi connectivity index (χ4v) is 1.90. The molecule has 0 aliphatic rings. The minimum Gasteiger partial charge on any atom is -0.453 e. The summed E-state index contributed by atoms with van der Waals surface area (Å²) < 4.78 is 4.50. The van der Waals surface area contributed by atoms with Gasteiger partial charge in [0.15, 0.2) is 0 Å². The summed E-state index contributed by atoms with van der Waals surface area (Å²) in [5.74, 6) is -0.0566. The number of H-pyrrole nitrogens is 1. The molecule has 8 heteroatoms. The number of aromatic nitrogens is 2. The van der Waals surface area contributed by atoms with Crippen LogP contribution in [-0.2, 0) is 4.74 Å². The first-order valence-corrected chi connectivity index (χ1v) is 7.02. The van der Waals surface area contributed by atoms with Gasteiger partial charge < -0.3 is 9.72 Å². The molecule has 0 atom stereocenters. The van der Waals surface area contributed by atoms with Crippen LogP contribution in [0, 0.1) is 0 Å². The van der Waals surface area contributed by atoms with Crippen molar-refractivity contribution in [3.05, 3.63) is 23.8 Å². The molecule has 0 aliphatic carbocycles. The topological polar surface area (TPSA) is 108 Å². The van der Waals surface area contributed by atoms with Crippen LogP contribution in [-0.4, -0.2) is 35.6 Å². The highest BCUT2D eigenvalue weighted by Crippen LogP contribution is 2.18. The van der Waals surface area contributed by atoms with Gasteiger partial charge in [-0.25, -0.2) is 15.2 Å². The van der Waals surface area contributed by atoms with Crippen LogP contribution >= 0.6 is 0 Å². The molecule has 0 radical (unpaired) electrons. The zero-order valence-corrected chi connectivity index (χ0v) is 12.5.